The minimum atomic E-state index is 0.298. The molecule has 2 aliphatic heterocycles. The number of rotatable bonds is 4. The average Bonchev–Trinajstić information content (AvgIpc) is 3.18. The van der Waals surface area contributed by atoms with Crippen LogP contribution in [0.4, 0.5) is 0 Å². The summed E-state index contributed by atoms with van der Waals surface area (Å²) in [5.74, 6) is 1.80. The highest BCUT2D eigenvalue weighted by Gasteiger charge is 2.38. The lowest BCUT2D eigenvalue weighted by atomic mass is 10.1. The zero-order chi connectivity index (χ0) is 13.4. The first-order valence-electron chi connectivity index (χ1n) is 7.75. The van der Waals surface area contributed by atoms with Gasteiger partial charge >= 0.3 is 0 Å². The summed E-state index contributed by atoms with van der Waals surface area (Å²) >= 11 is 0. The molecule has 4 rings (SSSR count). The van der Waals surface area contributed by atoms with Crippen LogP contribution in [0.2, 0.25) is 0 Å². The number of hydrogen-bond donors (Lipinski definition) is 0. The van der Waals surface area contributed by atoms with Crippen LogP contribution in [0.5, 0.6) is 5.75 Å². The molecular weight excluding hydrogens is 252 g/mol. The summed E-state index contributed by atoms with van der Waals surface area (Å²) in [4.78, 5) is 13.3. The number of aromatic nitrogens is 2. The molecule has 0 unspecified atom stereocenters. The van der Waals surface area contributed by atoms with Gasteiger partial charge in [-0.1, -0.05) is 0 Å². The molecule has 0 radical (unpaired) electrons. The van der Waals surface area contributed by atoms with Gasteiger partial charge in [-0.25, -0.2) is 9.97 Å². The minimum Gasteiger partial charge on any atom is -0.486 e. The van der Waals surface area contributed by atoms with E-state index in [1.54, 1.807) is 18.7 Å². The molecule has 0 bridgehead atoms. The first kappa shape index (κ1) is 12.5. The lowest BCUT2D eigenvalue weighted by molar-refractivity contribution is 0.0994. The second-order valence-electron chi connectivity index (χ2n) is 6.40. The summed E-state index contributed by atoms with van der Waals surface area (Å²) in [6, 6.07) is 0.678. The van der Waals surface area contributed by atoms with Gasteiger partial charge in [-0.05, 0) is 18.8 Å². The van der Waals surface area contributed by atoms with E-state index in [4.69, 9.17) is 4.74 Å². The molecule has 1 aromatic rings. The van der Waals surface area contributed by atoms with E-state index in [-0.39, 0.29) is 0 Å². The molecule has 0 aromatic carbocycles. The molecule has 1 aromatic heterocycles. The van der Waals surface area contributed by atoms with Crippen molar-refractivity contribution in [1.29, 1.82) is 0 Å². The van der Waals surface area contributed by atoms with Gasteiger partial charge in [0.05, 0.1) is 12.4 Å². The average molecular weight is 274 g/mol. The van der Waals surface area contributed by atoms with Crippen molar-refractivity contribution in [2.45, 2.75) is 31.4 Å². The van der Waals surface area contributed by atoms with E-state index in [1.807, 2.05) is 0 Å². The standard InChI is InChI=1S/C15H22N4O/c1-2-12(1)8-18-3-4-19-10-14(5-13(19)9-18)20-15-6-16-11-17-7-15/h6-7,11-14H,1-5,8-10H2/t13-,14+/m0/s1. The van der Waals surface area contributed by atoms with Gasteiger partial charge in [-0.3, -0.25) is 4.90 Å². The van der Waals surface area contributed by atoms with Crippen LogP contribution in [0, 0.1) is 5.92 Å². The van der Waals surface area contributed by atoms with E-state index in [2.05, 4.69) is 19.8 Å². The molecule has 1 saturated carbocycles. The van der Waals surface area contributed by atoms with Crippen molar-refractivity contribution < 1.29 is 4.74 Å². The number of piperazine rings is 1. The van der Waals surface area contributed by atoms with Crippen molar-refractivity contribution in [3.63, 3.8) is 0 Å². The highest BCUT2D eigenvalue weighted by atomic mass is 16.5. The number of fused-ring (bicyclic) bond motifs is 1. The minimum absolute atomic E-state index is 0.298. The molecular formula is C15H22N4O. The third-order valence-corrected chi connectivity index (χ3v) is 4.71. The van der Waals surface area contributed by atoms with Crippen LogP contribution in [0.25, 0.3) is 0 Å². The molecule has 20 heavy (non-hydrogen) atoms. The Morgan fingerprint density at radius 3 is 2.80 bits per heavy atom. The second kappa shape index (κ2) is 5.30. The lowest BCUT2D eigenvalue weighted by Crippen LogP contribution is -2.50. The molecule has 1 aliphatic carbocycles. The topological polar surface area (TPSA) is 41.5 Å². The Morgan fingerprint density at radius 1 is 1.15 bits per heavy atom. The van der Waals surface area contributed by atoms with E-state index in [0.29, 0.717) is 12.1 Å². The number of hydrogen-bond acceptors (Lipinski definition) is 5. The molecule has 5 nitrogen and oxygen atoms in total. The predicted octanol–water partition coefficient (Wildman–Crippen LogP) is 1.02. The third-order valence-electron chi connectivity index (χ3n) is 4.71. The summed E-state index contributed by atoms with van der Waals surface area (Å²) in [5.41, 5.74) is 0. The van der Waals surface area contributed by atoms with E-state index in [1.165, 1.54) is 39.0 Å². The summed E-state index contributed by atoms with van der Waals surface area (Å²) < 4.78 is 6.01. The normalized spacial score (nSPS) is 31.2. The third kappa shape index (κ3) is 2.79. The first-order chi connectivity index (χ1) is 9.87. The second-order valence-corrected chi connectivity index (χ2v) is 6.40. The fraction of sp³-hybridized carbons (Fsp3) is 0.733. The van der Waals surface area contributed by atoms with Crippen molar-refractivity contribution in [2.24, 2.45) is 5.92 Å². The van der Waals surface area contributed by atoms with Gasteiger partial charge in [0, 0.05) is 45.2 Å². The first-order valence-corrected chi connectivity index (χ1v) is 7.75. The summed E-state index contributed by atoms with van der Waals surface area (Å²) in [7, 11) is 0. The van der Waals surface area contributed by atoms with Crippen molar-refractivity contribution in [2.75, 3.05) is 32.7 Å². The number of nitrogens with zero attached hydrogens (tertiary/aromatic N) is 4. The molecule has 5 heteroatoms. The van der Waals surface area contributed by atoms with E-state index >= 15 is 0 Å². The van der Waals surface area contributed by atoms with Gasteiger partial charge in [0.1, 0.15) is 12.4 Å². The van der Waals surface area contributed by atoms with Crippen molar-refractivity contribution >= 4 is 0 Å². The molecule has 108 valence electrons. The van der Waals surface area contributed by atoms with Crippen LogP contribution in [-0.4, -0.2) is 64.6 Å². The van der Waals surface area contributed by atoms with Crippen molar-refractivity contribution in [1.82, 2.24) is 19.8 Å². The largest absolute Gasteiger partial charge is 0.486 e. The Morgan fingerprint density at radius 2 is 2.00 bits per heavy atom. The van der Waals surface area contributed by atoms with Gasteiger partial charge in [-0.15, -0.1) is 0 Å². The molecule has 2 atom stereocenters. The van der Waals surface area contributed by atoms with E-state index in [9.17, 15) is 0 Å². The smallest absolute Gasteiger partial charge is 0.156 e. The predicted molar refractivity (Wildman–Crippen MR) is 75.6 cm³/mol. The van der Waals surface area contributed by atoms with Gasteiger partial charge < -0.3 is 9.64 Å². The maximum absolute atomic E-state index is 6.01. The van der Waals surface area contributed by atoms with Crippen molar-refractivity contribution in [3.8, 4) is 5.75 Å². The molecule has 3 heterocycles. The zero-order valence-corrected chi connectivity index (χ0v) is 11.8. The molecule has 2 saturated heterocycles. The van der Waals surface area contributed by atoms with Gasteiger partial charge in [-0.2, -0.15) is 0 Å². The molecule has 0 amide bonds. The van der Waals surface area contributed by atoms with Crippen LogP contribution in [0.1, 0.15) is 19.3 Å². The molecule has 3 fully saturated rings. The zero-order valence-electron chi connectivity index (χ0n) is 11.8. The Hall–Kier alpha value is -1.20. The van der Waals surface area contributed by atoms with Crippen LogP contribution < -0.4 is 4.74 Å². The molecule has 0 N–H and O–H groups in total. The Balaban J connectivity index is 1.32. The molecule has 3 aliphatic rings. The molecule has 0 spiro atoms. The Labute approximate surface area is 120 Å². The van der Waals surface area contributed by atoms with Gasteiger partial charge in [0.15, 0.2) is 5.75 Å². The van der Waals surface area contributed by atoms with Crippen LogP contribution in [-0.2, 0) is 0 Å². The lowest BCUT2D eigenvalue weighted by Gasteiger charge is -2.37. The number of ether oxygens (including phenoxy) is 1. The maximum atomic E-state index is 6.01. The van der Waals surface area contributed by atoms with Gasteiger partial charge in [0.25, 0.3) is 0 Å². The monoisotopic (exact) mass is 274 g/mol. The van der Waals surface area contributed by atoms with Crippen LogP contribution in [0.3, 0.4) is 0 Å². The maximum Gasteiger partial charge on any atom is 0.156 e. The Kier molecular flexibility index (Phi) is 3.32. The quantitative estimate of drug-likeness (QED) is 0.820. The highest BCUT2D eigenvalue weighted by Crippen LogP contribution is 2.32. The summed E-state index contributed by atoms with van der Waals surface area (Å²) in [6.07, 6.45) is 9.38. The fourth-order valence-corrected chi connectivity index (χ4v) is 3.52. The fourth-order valence-electron chi connectivity index (χ4n) is 3.52. The van der Waals surface area contributed by atoms with Crippen LogP contribution >= 0.6 is 0 Å². The van der Waals surface area contributed by atoms with Crippen molar-refractivity contribution in [3.05, 3.63) is 18.7 Å². The Bertz CT molecular complexity index is 450. The highest BCUT2D eigenvalue weighted by molar-refractivity contribution is 5.11. The van der Waals surface area contributed by atoms with Gasteiger partial charge in [0.2, 0.25) is 0 Å². The summed E-state index contributed by atoms with van der Waals surface area (Å²) in [5, 5.41) is 0. The SMILES string of the molecule is c1ncc(O[C@@H]2C[C@H]3CN(CC4CC4)CCN3C2)cn1. The van der Waals surface area contributed by atoms with E-state index in [0.717, 1.165) is 24.6 Å². The van der Waals surface area contributed by atoms with Crippen LogP contribution in [0.15, 0.2) is 18.7 Å². The summed E-state index contributed by atoms with van der Waals surface area (Å²) in [6.45, 7) is 6.03. The van der Waals surface area contributed by atoms with E-state index < -0.39 is 0 Å².